The Labute approximate surface area is 133 Å². The molecule has 104 valence electrons. The molecule has 2 aromatic rings. The minimum Gasteiger partial charge on any atom is -0.271 e. The molecule has 19 heavy (non-hydrogen) atoms. The van der Waals surface area contributed by atoms with Crippen molar-refractivity contribution < 1.29 is 0 Å². The van der Waals surface area contributed by atoms with Crippen LogP contribution in [0.1, 0.15) is 29.2 Å². The highest BCUT2D eigenvalue weighted by Crippen LogP contribution is 2.36. The van der Waals surface area contributed by atoms with Gasteiger partial charge in [-0.25, -0.2) is 0 Å². The Morgan fingerprint density at radius 1 is 1.47 bits per heavy atom. The van der Waals surface area contributed by atoms with E-state index >= 15 is 0 Å². The van der Waals surface area contributed by atoms with Crippen LogP contribution in [0.5, 0.6) is 0 Å². The summed E-state index contributed by atoms with van der Waals surface area (Å²) in [5, 5.41) is 4.47. The molecule has 2 heterocycles. The SMILES string of the molecule is CCn1nc(C)cc1CC(NN)c1cc(Br)c(Br)s1. The normalized spacial score (nSPS) is 12.9. The molecule has 0 aromatic carbocycles. The summed E-state index contributed by atoms with van der Waals surface area (Å²) in [6.07, 6.45) is 0.824. The average molecular weight is 408 g/mol. The summed E-state index contributed by atoms with van der Waals surface area (Å²) in [4.78, 5) is 1.20. The van der Waals surface area contributed by atoms with E-state index in [4.69, 9.17) is 5.84 Å². The number of aromatic nitrogens is 2. The Bertz CT molecular complexity index is 545. The van der Waals surface area contributed by atoms with Crippen LogP contribution in [0.15, 0.2) is 20.4 Å². The summed E-state index contributed by atoms with van der Waals surface area (Å²) < 4.78 is 4.17. The average Bonchev–Trinajstić information content (AvgIpc) is 2.90. The maximum atomic E-state index is 5.71. The van der Waals surface area contributed by atoms with Gasteiger partial charge in [0, 0.05) is 28.0 Å². The van der Waals surface area contributed by atoms with Gasteiger partial charge < -0.3 is 0 Å². The van der Waals surface area contributed by atoms with E-state index in [0.29, 0.717) is 0 Å². The molecule has 7 heteroatoms. The van der Waals surface area contributed by atoms with Crippen molar-refractivity contribution in [3.8, 4) is 0 Å². The van der Waals surface area contributed by atoms with Crippen LogP contribution in [0, 0.1) is 6.92 Å². The van der Waals surface area contributed by atoms with Crippen molar-refractivity contribution in [2.45, 2.75) is 32.9 Å². The molecule has 1 unspecified atom stereocenters. The van der Waals surface area contributed by atoms with E-state index in [2.05, 4.69) is 61.4 Å². The molecule has 0 spiro atoms. The summed E-state index contributed by atoms with van der Waals surface area (Å²) in [7, 11) is 0. The lowest BCUT2D eigenvalue weighted by Gasteiger charge is -2.14. The number of thiophene rings is 1. The Morgan fingerprint density at radius 2 is 2.21 bits per heavy atom. The van der Waals surface area contributed by atoms with Gasteiger partial charge in [0.25, 0.3) is 0 Å². The molecular formula is C12H16Br2N4S. The van der Waals surface area contributed by atoms with Crippen LogP contribution in [0.4, 0.5) is 0 Å². The first-order valence-electron chi connectivity index (χ1n) is 5.99. The molecule has 0 aliphatic heterocycles. The molecule has 3 N–H and O–H groups in total. The third-order valence-corrected chi connectivity index (χ3v) is 6.28. The van der Waals surface area contributed by atoms with Crippen molar-refractivity contribution in [3.05, 3.63) is 36.7 Å². The van der Waals surface area contributed by atoms with Gasteiger partial charge in [-0.2, -0.15) is 5.10 Å². The summed E-state index contributed by atoms with van der Waals surface area (Å²) >= 11 is 8.71. The smallest absolute Gasteiger partial charge is 0.0843 e. The molecule has 4 nitrogen and oxygen atoms in total. The van der Waals surface area contributed by atoms with Gasteiger partial charge in [-0.15, -0.1) is 11.3 Å². The summed E-state index contributed by atoms with van der Waals surface area (Å²) in [5.41, 5.74) is 5.14. The summed E-state index contributed by atoms with van der Waals surface area (Å²) in [6.45, 7) is 4.98. The molecule has 0 saturated heterocycles. The molecule has 0 aliphatic rings. The number of nitrogens with two attached hydrogens (primary N) is 1. The predicted octanol–water partition coefficient (Wildman–Crippen LogP) is 3.55. The molecule has 2 aromatic heterocycles. The first kappa shape index (κ1) is 15.2. The zero-order valence-corrected chi connectivity index (χ0v) is 14.8. The number of aryl methyl sites for hydroxylation is 2. The topological polar surface area (TPSA) is 55.9 Å². The van der Waals surface area contributed by atoms with E-state index in [-0.39, 0.29) is 6.04 Å². The van der Waals surface area contributed by atoms with Gasteiger partial charge in [0.1, 0.15) is 0 Å². The van der Waals surface area contributed by atoms with Gasteiger partial charge >= 0.3 is 0 Å². The lowest BCUT2D eigenvalue weighted by molar-refractivity contribution is 0.523. The van der Waals surface area contributed by atoms with Gasteiger partial charge in [-0.05, 0) is 57.8 Å². The first-order chi connectivity index (χ1) is 9.05. The van der Waals surface area contributed by atoms with E-state index in [0.717, 1.165) is 26.9 Å². The van der Waals surface area contributed by atoms with Gasteiger partial charge in [0.05, 0.1) is 15.5 Å². The standard InChI is InChI=1S/C12H16Br2N4S/c1-3-18-8(4-7(2)17-18)5-10(16-15)11-6-9(13)12(14)19-11/h4,6,10,16H,3,5,15H2,1-2H3. The van der Waals surface area contributed by atoms with Crippen LogP contribution < -0.4 is 11.3 Å². The minimum atomic E-state index is 0.0917. The maximum Gasteiger partial charge on any atom is 0.0843 e. The Hall–Kier alpha value is -0.210. The first-order valence-corrected chi connectivity index (χ1v) is 8.39. The van der Waals surface area contributed by atoms with Crippen molar-refractivity contribution >= 4 is 43.2 Å². The van der Waals surface area contributed by atoms with E-state index in [1.54, 1.807) is 11.3 Å². The highest BCUT2D eigenvalue weighted by Gasteiger charge is 2.17. The second kappa shape index (κ2) is 6.49. The van der Waals surface area contributed by atoms with Crippen LogP contribution >= 0.6 is 43.2 Å². The van der Waals surface area contributed by atoms with Crippen LogP contribution in [0.3, 0.4) is 0 Å². The minimum absolute atomic E-state index is 0.0917. The van der Waals surface area contributed by atoms with Crippen molar-refractivity contribution in [2.75, 3.05) is 0 Å². The van der Waals surface area contributed by atoms with Gasteiger partial charge in [-0.3, -0.25) is 16.0 Å². The molecule has 0 saturated carbocycles. The van der Waals surface area contributed by atoms with Crippen LogP contribution in [0.2, 0.25) is 0 Å². The number of hydrazine groups is 1. The van der Waals surface area contributed by atoms with E-state index in [9.17, 15) is 0 Å². The zero-order chi connectivity index (χ0) is 14.0. The molecular weight excluding hydrogens is 392 g/mol. The van der Waals surface area contributed by atoms with Crippen molar-refractivity contribution in [2.24, 2.45) is 5.84 Å². The predicted molar refractivity (Wildman–Crippen MR) is 86.1 cm³/mol. The molecule has 0 radical (unpaired) electrons. The maximum absolute atomic E-state index is 5.71. The molecule has 0 bridgehead atoms. The number of rotatable bonds is 5. The monoisotopic (exact) mass is 406 g/mol. The Morgan fingerprint density at radius 3 is 2.74 bits per heavy atom. The Kier molecular flexibility index (Phi) is 5.19. The Balaban J connectivity index is 2.23. The van der Waals surface area contributed by atoms with Crippen LogP contribution in [0.25, 0.3) is 0 Å². The summed E-state index contributed by atoms with van der Waals surface area (Å²) in [5.74, 6) is 5.71. The zero-order valence-electron chi connectivity index (χ0n) is 10.8. The highest BCUT2D eigenvalue weighted by molar-refractivity contribution is 9.13. The second-order valence-electron chi connectivity index (χ2n) is 4.29. The number of hydrogen-bond donors (Lipinski definition) is 2. The van der Waals surface area contributed by atoms with Gasteiger partial charge in [0.15, 0.2) is 0 Å². The fourth-order valence-corrected chi connectivity index (χ4v) is 4.17. The highest BCUT2D eigenvalue weighted by atomic mass is 79.9. The van der Waals surface area contributed by atoms with E-state index in [1.165, 1.54) is 10.6 Å². The number of nitrogens with one attached hydrogen (secondary N) is 1. The fourth-order valence-electron chi connectivity index (χ4n) is 2.02. The van der Waals surface area contributed by atoms with E-state index < -0.39 is 0 Å². The molecule has 0 aliphatic carbocycles. The summed E-state index contributed by atoms with van der Waals surface area (Å²) in [6, 6.07) is 4.30. The van der Waals surface area contributed by atoms with Crippen molar-refractivity contribution in [3.63, 3.8) is 0 Å². The van der Waals surface area contributed by atoms with E-state index in [1.807, 2.05) is 11.6 Å². The fraction of sp³-hybridized carbons (Fsp3) is 0.417. The third kappa shape index (κ3) is 3.46. The lowest BCUT2D eigenvalue weighted by atomic mass is 10.1. The quantitative estimate of drug-likeness (QED) is 0.588. The number of hydrogen-bond acceptors (Lipinski definition) is 4. The second-order valence-corrected chi connectivity index (χ2v) is 7.54. The largest absolute Gasteiger partial charge is 0.271 e. The van der Waals surface area contributed by atoms with Crippen LogP contribution in [-0.4, -0.2) is 9.78 Å². The lowest BCUT2D eigenvalue weighted by Crippen LogP contribution is -2.29. The van der Waals surface area contributed by atoms with Crippen molar-refractivity contribution in [1.82, 2.24) is 15.2 Å². The van der Waals surface area contributed by atoms with Gasteiger partial charge in [-0.1, -0.05) is 0 Å². The third-order valence-electron chi connectivity index (χ3n) is 2.91. The number of nitrogens with zero attached hydrogens (tertiary/aromatic N) is 2. The van der Waals surface area contributed by atoms with Crippen molar-refractivity contribution in [1.29, 1.82) is 0 Å². The molecule has 2 rings (SSSR count). The molecule has 0 amide bonds. The number of halogens is 2. The van der Waals surface area contributed by atoms with Gasteiger partial charge in [0.2, 0.25) is 0 Å². The molecule has 0 fully saturated rings. The molecule has 1 atom stereocenters. The van der Waals surface area contributed by atoms with Crippen LogP contribution in [-0.2, 0) is 13.0 Å².